The first-order valence-electron chi connectivity index (χ1n) is 6.85. The van der Waals surface area contributed by atoms with Gasteiger partial charge in [-0.3, -0.25) is 9.59 Å². The number of nitrogens with zero attached hydrogens (tertiary/aromatic N) is 1. The Bertz CT molecular complexity index is 331. The van der Waals surface area contributed by atoms with Crippen molar-refractivity contribution in [3.63, 3.8) is 0 Å². The Balaban J connectivity index is 2.11. The first-order chi connectivity index (χ1) is 8.53. The molecule has 2 aliphatic rings. The molecule has 5 nitrogen and oxygen atoms in total. The summed E-state index contributed by atoms with van der Waals surface area (Å²) in [5.74, 6) is -1.09. The van der Waals surface area contributed by atoms with E-state index in [1.165, 1.54) is 4.90 Å². The lowest BCUT2D eigenvalue weighted by atomic mass is 9.96. The molecule has 0 aromatic heterocycles. The minimum absolute atomic E-state index is 0.0784. The number of aliphatic carboxylic acids is 1. The molecule has 0 aliphatic heterocycles. The summed E-state index contributed by atoms with van der Waals surface area (Å²) < 4.78 is 0. The van der Waals surface area contributed by atoms with Crippen molar-refractivity contribution in [2.75, 3.05) is 6.54 Å². The van der Waals surface area contributed by atoms with E-state index in [0.29, 0.717) is 12.8 Å². The van der Waals surface area contributed by atoms with Crippen molar-refractivity contribution < 1.29 is 14.7 Å². The Morgan fingerprint density at radius 1 is 1.17 bits per heavy atom. The molecule has 3 N–H and O–H groups in total. The minimum atomic E-state index is -0.947. The normalized spacial score (nSPS) is 23.2. The highest BCUT2D eigenvalue weighted by molar-refractivity contribution is 5.89. The molecular weight excluding hydrogens is 232 g/mol. The van der Waals surface area contributed by atoms with Crippen molar-refractivity contribution in [3.05, 3.63) is 0 Å². The molecule has 0 unspecified atom stereocenters. The van der Waals surface area contributed by atoms with E-state index in [4.69, 9.17) is 10.8 Å². The molecule has 18 heavy (non-hydrogen) atoms. The van der Waals surface area contributed by atoms with Crippen LogP contribution in [-0.4, -0.2) is 40.0 Å². The number of carboxylic acids is 1. The van der Waals surface area contributed by atoms with Gasteiger partial charge < -0.3 is 15.7 Å². The topological polar surface area (TPSA) is 83.6 Å². The van der Waals surface area contributed by atoms with Gasteiger partial charge in [-0.05, 0) is 25.7 Å². The second kappa shape index (κ2) is 5.26. The van der Waals surface area contributed by atoms with E-state index in [9.17, 15) is 9.59 Å². The van der Waals surface area contributed by atoms with E-state index >= 15 is 0 Å². The Morgan fingerprint density at radius 3 is 2.22 bits per heavy atom. The van der Waals surface area contributed by atoms with Gasteiger partial charge in [-0.2, -0.15) is 0 Å². The number of nitrogens with two attached hydrogens (primary N) is 1. The smallest absolute Gasteiger partial charge is 0.323 e. The molecule has 102 valence electrons. The zero-order valence-electron chi connectivity index (χ0n) is 10.7. The average molecular weight is 254 g/mol. The molecule has 0 radical (unpaired) electrons. The fraction of sp³-hybridized carbons (Fsp3) is 0.846. The second-order valence-electron chi connectivity index (χ2n) is 5.63. The molecule has 0 atom stereocenters. The van der Waals surface area contributed by atoms with Gasteiger partial charge in [-0.15, -0.1) is 0 Å². The molecule has 0 heterocycles. The molecule has 2 aliphatic carbocycles. The van der Waals surface area contributed by atoms with Crippen molar-refractivity contribution in [1.29, 1.82) is 0 Å². The molecule has 1 amide bonds. The first kappa shape index (κ1) is 13.3. The summed E-state index contributed by atoms with van der Waals surface area (Å²) in [6.07, 6.45) is 7.28. The Labute approximate surface area is 107 Å². The Morgan fingerprint density at radius 2 is 1.72 bits per heavy atom. The predicted octanol–water partition coefficient (Wildman–Crippen LogP) is 1.11. The zero-order valence-corrected chi connectivity index (χ0v) is 10.7. The number of carboxylic acid groups (broad SMARTS) is 1. The van der Waals surface area contributed by atoms with Gasteiger partial charge in [0.1, 0.15) is 6.54 Å². The molecule has 0 spiro atoms. The van der Waals surface area contributed by atoms with Crippen LogP contribution in [0.2, 0.25) is 0 Å². The fourth-order valence-corrected chi connectivity index (χ4v) is 3.23. The van der Waals surface area contributed by atoms with Gasteiger partial charge in [0.2, 0.25) is 5.91 Å². The number of rotatable bonds is 4. The standard InChI is InChI=1S/C13H22N2O3/c14-13(7-3-4-8-13)12(18)15(9-11(16)17)10-5-1-2-6-10/h10H,1-9,14H2,(H,16,17). The van der Waals surface area contributed by atoms with Gasteiger partial charge >= 0.3 is 5.97 Å². The van der Waals surface area contributed by atoms with Crippen LogP contribution in [0.3, 0.4) is 0 Å². The molecule has 0 saturated heterocycles. The molecular formula is C13H22N2O3. The lowest BCUT2D eigenvalue weighted by molar-refractivity contribution is -0.149. The third kappa shape index (κ3) is 2.66. The summed E-state index contributed by atoms with van der Waals surface area (Å²) >= 11 is 0. The van der Waals surface area contributed by atoms with Gasteiger partial charge in [0.05, 0.1) is 5.54 Å². The van der Waals surface area contributed by atoms with Crippen molar-refractivity contribution in [3.8, 4) is 0 Å². The largest absolute Gasteiger partial charge is 0.480 e. The highest BCUT2D eigenvalue weighted by Gasteiger charge is 2.42. The van der Waals surface area contributed by atoms with Gasteiger partial charge in [-0.1, -0.05) is 25.7 Å². The van der Waals surface area contributed by atoms with E-state index in [1.54, 1.807) is 0 Å². The summed E-state index contributed by atoms with van der Waals surface area (Å²) in [5, 5.41) is 8.99. The summed E-state index contributed by atoms with van der Waals surface area (Å²) in [4.78, 5) is 25.0. The third-order valence-corrected chi connectivity index (χ3v) is 4.25. The van der Waals surface area contributed by atoms with E-state index in [2.05, 4.69) is 0 Å². The predicted molar refractivity (Wildman–Crippen MR) is 67.0 cm³/mol. The summed E-state index contributed by atoms with van der Waals surface area (Å²) in [7, 11) is 0. The zero-order chi connectivity index (χ0) is 13.2. The lowest BCUT2D eigenvalue weighted by Gasteiger charge is -2.34. The highest BCUT2D eigenvalue weighted by atomic mass is 16.4. The molecule has 0 aromatic rings. The van der Waals surface area contributed by atoms with Crippen LogP contribution in [0.5, 0.6) is 0 Å². The summed E-state index contributed by atoms with van der Waals surface area (Å²) in [5.41, 5.74) is 5.36. The maximum atomic E-state index is 12.5. The van der Waals surface area contributed by atoms with Crippen molar-refractivity contribution in [2.24, 2.45) is 5.73 Å². The van der Waals surface area contributed by atoms with Crippen LogP contribution >= 0.6 is 0 Å². The number of carbonyl (C=O) groups excluding carboxylic acids is 1. The van der Waals surface area contributed by atoms with Gasteiger partial charge in [0.25, 0.3) is 0 Å². The fourth-order valence-electron chi connectivity index (χ4n) is 3.23. The molecule has 2 rings (SSSR count). The molecule has 0 bridgehead atoms. The highest BCUT2D eigenvalue weighted by Crippen LogP contribution is 2.32. The summed E-state index contributed by atoms with van der Waals surface area (Å²) in [6, 6.07) is 0.0784. The minimum Gasteiger partial charge on any atom is -0.480 e. The van der Waals surface area contributed by atoms with E-state index in [0.717, 1.165) is 38.5 Å². The van der Waals surface area contributed by atoms with Gasteiger partial charge in [0, 0.05) is 6.04 Å². The van der Waals surface area contributed by atoms with E-state index in [-0.39, 0.29) is 18.5 Å². The van der Waals surface area contributed by atoms with Crippen molar-refractivity contribution in [2.45, 2.75) is 62.9 Å². The first-order valence-corrected chi connectivity index (χ1v) is 6.85. The molecule has 5 heteroatoms. The van der Waals surface area contributed by atoms with Crippen LogP contribution in [0.4, 0.5) is 0 Å². The van der Waals surface area contributed by atoms with E-state index < -0.39 is 11.5 Å². The number of amides is 1. The maximum Gasteiger partial charge on any atom is 0.323 e. The quantitative estimate of drug-likeness (QED) is 0.787. The average Bonchev–Trinajstić information content (AvgIpc) is 2.96. The second-order valence-corrected chi connectivity index (χ2v) is 5.63. The Hall–Kier alpha value is -1.10. The van der Waals surface area contributed by atoms with E-state index in [1.807, 2.05) is 0 Å². The van der Waals surface area contributed by atoms with Crippen LogP contribution in [0, 0.1) is 0 Å². The van der Waals surface area contributed by atoms with Crippen LogP contribution in [0.15, 0.2) is 0 Å². The molecule has 2 fully saturated rings. The number of hydrogen-bond acceptors (Lipinski definition) is 3. The van der Waals surface area contributed by atoms with Crippen LogP contribution in [-0.2, 0) is 9.59 Å². The number of hydrogen-bond donors (Lipinski definition) is 2. The van der Waals surface area contributed by atoms with Crippen LogP contribution < -0.4 is 5.73 Å². The Kier molecular flexibility index (Phi) is 3.90. The number of carbonyl (C=O) groups is 2. The lowest BCUT2D eigenvalue weighted by Crippen LogP contribution is -2.57. The van der Waals surface area contributed by atoms with Crippen LogP contribution in [0.25, 0.3) is 0 Å². The third-order valence-electron chi connectivity index (χ3n) is 4.25. The van der Waals surface area contributed by atoms with Crippen LogP contribution in [0.1, 0.15) is 51.4 Å². The molecule has 0 aromatic carbocycles. The monoisotopic (exact) mass is 254 g/mol. The van der Waals surface area contributed by atoms with Crippen molar-refractivity contribution >= 4 is 11.9 Å². The molecule has 2 saturated carbocycles. The SMILES string of the molecule is NC1(C(=O)N(CC(=O)O)C2CCCC2)CCCC1. The maximum absolute atomic E-state index is 12.5. The summed E-state index contributed by atoms with van der Waals surface area (Å²) in [6.45, 7) is -0.206. The van der Waals surface area contributed by atoms with Gasteiger partial charge in [-0.25, -0.2) is 0 Å². The van der Waals surface area contributed by atoms with Gasteiger partial charge in [0.15, 0.2) is 0 Å². The van der Waals surface area contributed by atoms with Crippen molar-refractivity contribution in [1.82, 2.24) is 4.90 Å².